The van der Waals surface area contributed by atoms with Crippen LogP contribution in [0.2, 0.25) is 0 Å². The summed E-state index contributed by atoms with van der Waals surface area (Å²) in [6.45, 7) is 0.423. The summed E-state index contributed by atoms with van der Waals surface area (Å²) < 4.78 is 11.4. The van der Waals surface area contributed by atoms with Gasteiger partial charge in [-0.25, -0.2) is 9.59 Å². The average molecular weight is 680 g/mol. The second-order valence-corrected chi connectivity index (χ2v) is 13.3. The fraction of sp³-hybridized carbons (Fsp3) is 0.400. The number of hydrogen-bond donors (Lipinski definition) is 3. The van der Waals surface area contributed by atoms with E-state index in [1.165, 1.54) is 0 Å². The lowest BCUT2D eigenvalue weighted by Crippen LogP contribution is -2.46. The van der Waals surface area contributed by atoms with Gasteiger partial charge in [0.05, 0.1) is 24.6 Å². The van der Waals surface area contributed by atoms with Gasteiger partial charge in [0.15, 0.2) is 0 Å². The highest BCUT2D eigenvalue weighted by Gasteiger charge is 2.36. The molecule has 2 aliphatic heterocycles. The van der Waals surface area contributed by atoms with Crippen LogP contribution in [0.5, 0.6) is 0 Å². The van der Waals surface area contributed by atoms with Crippen molar-refractivity contribution in [2.24, 2.45) is 5.92 Å². The maximum Gasteiger partial charge on any atom is 0.407 e. The second-order valence-electron chi connectivity index (χ2n) is 13.3. The Morgan fingerprint density at radius 1 is 0.920 bits per heavy atom. The van der Waals surface area contributed by atoms with Gasteiger partial charge in [0.2, 0.25) is 11.8 Å². The summed E-state index contributed by atoms with van der Waals surface area (Å²) in [4.78, 5) is 55.0. The molecule has 2 heterocycles. The van der Waals surface area contributed by atoms with Crippen molar-refractivity contribution in [3.8, 4) is 11.1 Å². The van der Waals surface area contributed by atoms with Gasteiger partial charge in [-0.2, -0.15) is 0 Å². The van der Waals surface area contributed by atoms with Gasteiger partial charge in [-0.15, -0.1) is 0 Å². The minimum Gasteiger partial charge on any atom is -0.462 e. The zero-order valence-corrected chi connectivity index (χ0v) is 28.2. The van der Waals surface area contributed by atoms with E-state index in [1.807, 2.05) is 78.9 Å². The van der Waals surface area contributed by atoms with Crippen LogP contribution in [0.4, 0.5) is 4.79 Å². The van der Waals surface area contributed by atoms with E-state index in [-0.39, 0.29) is 56.4 Å². The fourth-order valence-corrected chi connectivity index (χ4v) is 7.33. The highest BCUT2D eigenvalue weighted by atomic mass is 16.6. The molecule has 0 unspecified atom stereocenters. The second kappa shape index (κ2) is 16.6. The molecule has 6 rings (SSSR count). The molecule has 0 spiro atoms. The van der Waals surface area contributed by atoms with Crippen molar-refractivity contribution >= 4 is 23.9 Å². The molecule has 50 heavy (non-hydrogen) atoms. The monoisotopic (exact) mass is 679 g/mol. The molecule has 3 amide bonds. The zero-order valence-electron chi connectivity index (χ0n) is 28.2. The largest absolute Gasteiger partial charge is 0.462 e. The van der Waals surface area contributed by atoms with Gasteiger partial charge < -0.3 is 30.1 Å². The molecule has 1 fully saturated rings. The Morgan fingerprint density at radius 3 is 2.34 bits per heavy atom. The number of allylic oxidation sites excluding steroid dienone is 2. The van der Waals surface area contributed by atoms with E-state index in [9.17, 15) is 24.3 Å². The van der Waals surface area contributed by atoms with Crippen LogP contribution in [0, 0.1) is 5.92 Å². The number of cyclic esters (lactones) is 1. The molecular weight excluding hydrogens is 634 g/mol. The molecule has 3 N–H and O–H groups in total. The van der Waals surface area contributed by atoms with Crippen LogP contribution in [0.25, 0.3) is 11.1 Å². The number of nitrogens with one attached hydrogen (secondary N) is 2. The maximum atomic E-state index is 13.8. The Balaban J connectivity index is 1.07. The Hall–Kier alpha value is -4.96. The normalized spacial score (nSPS) is 21.4. The number of fused-ring (bicyclic) bond motifs is 4. The smallest absolute Gasteiger partial charge is 0.407 e. The molecule has 1 saturated heterocycles. The Bertz CT molecular complexity index is 1650. The van der Waals surface area contributed by atoms with Gasteiger partial charge in [-0.1, -0.05) is 91.0 Å². The van der Waals surface area contributed by atoms with E-state index >= 15 is 0 Å². The van der Waals surface area contributed by atoms with Gasteiger partial charge >= 0.3 is 12.1 Å². The summed E-state index contributed by atoms with van der Waals surface area (Å²) in [7, 11) is 0. The van der Waals surface area contributed by atoms with Crippen molar-refractivity contribution in [2.45, 2.75) is 69.0 Å². The Kier molecular flexibility index (Phi) is 11.6. The van der Waals surface area contributed by atoms with E-state index in [4.69, 9.17) is 9.47 Å². The lowest BCUT2D eigenvalue weighted by molar-refractivity contribution is -0.150. The van der Waals surface area contributed by atoms with E-state index in [1.54, 1.807) is 4.90 Å². The average Bonchev–Trinajstić information content (AvgIpc) is 3.74. The van der Waals surface area contributed by atoms with E-state index in [0.717, 1.165) is 34.2 Å². The number of aliphatic hydroxyl groups is 1. The lowest BCUT2D eigenvalue weighted by Gasteiger charge is -2.29. The van der Waals surface area contributed by atoms with Crippen LogP contribution >= 0.6 is 0 Å². The molecule has 3 aromatic rings. The van der Waals surface area contributed by atoms with Crippen LogP contribution in [-0.4, -0.2) is 78.4 Å². The molecule has 0 bridgehead atoms. The number of hydrogen-bond acceptors (Lipinski definition) is 7. The molecule has 10 heteroatoms. The van der Waals surface area contributed by atoms with Crippen molar-refractivity contribution < 1.29 is 33.8 Å². The number of aliphatic hydroxyl groups excluding tert-OH is 1. The van der Waals surface area contributed by atoms with E-state index in [0.29, 0.717) is 32.2 Å². The molecule has 0 saturated carbocycles. The third-order valence-corrected chi connectivity index (χ3v) is 9.90. The third-order valence-electron chi connectivity index (χ3n) is 9.90. The predicted molar refractivity (Wildman–Crippen MR) is 188 cm³/mol. The summed E-state index contributed by atoms with van der Waals surface area (Å²) in [6, 6.07) is 24.1. The topological polar surface area (TPSA) is 134 Å². The third kappa shape index (κ3) is 8.42. The SMILES string of the molecule is O=C(C[C@H]1CC=CCC[C@@H](NC(=O)OCC2c3ccccc3-c3ccccc32)C(=O)OC[C@@H]2CCCN2C1=O)N[C@H](CO)Cc1ccccc1. The summed E-state index contributed by atoms with van der Waals surface area (Å²) >= 11 is 0. The zero-order chi connectivity index (χ0) is 34.9. The summed E-state index contributed by atoms with van der Waals surface area (Å²) in [6.07, 6.45) is 5.98. The highest BCUT2D eigenvalue weighted by Crippen LogP contribution is 2.44. The molecule has 10 nitrogen and oxygen atoms in total. The first-order chi connectivity index (χ1) is 24.4. The van der Waals surface area contributed by atoms with Crippen molar-refractivity contribution in [3.05, 3.63) is 108 Å². The number of carbonyl (C=O) groups excluding carboxylic acids is 4. The van der Waals surface area contributed by atoms with Gasteiger partial charge in [0, 0.05) is 18.9 Å². The Morgan fingerprint density at radius 2 is 1.62 bits per heavy atom. The first-order valence-corrected chi connectivity index (χ1v) is 17.6. The summed E-state index contributed by atoms with van der Waals surface area (Å²) in [5, 5.41) is 15.6. The number of rotatable bonds is 9. The van der Waals surface area contributed by atoms with E-state index in [2.05, 4.69) is 22.8 Å². The van der Waals surface area contributed by atoms with Crippen LogP contribution in [0.1, 0.15) is 61.1 Å². The molecular formula is C40H45N3O7. The van der Waals surface area contributed by atoms with Crippen LogP contribution < -0.4 is 10.6 Å². The van der Waals surface area contributed by atoms with Crippen molar-refractivity contribution in [3.63, 3.8) is 0 Å². The minimum atomic E-state index is -0.928. The molecule has 4 atom stereocenters. The predicted octanol–water partition coefficient (Wildman–Crippen LogP) is 4.89. The Labute approximate surface area is 292 Å². The number of alkyl carbamates (subject to hydrolysis) is 1. The fourth-order valence-electron chi connectivity index (χ4n) is 7.33. The maximum absolute atomic E-state index is 13.8. The van der Waals surface area contributed by atoms with Crippen LogP contribution in [0.15, 0.2) is 91.0 Å². The summed E-state index contributed by atoms with van der Waals surface area (Å²) in [5.74, 6) is -1.74. The first-order valence-electron chi connectivity index (χ1n) is 17.6. The van der Waals surface area contributed by atoms with Crippen molar-refractivity contribution in [1.82, 2.24) is 15.5 Å². The first kappa shape index (κ1) is 34.9. The minimum absolute atomic E-state index is 0.00342. The molecule has 0 aromatic heterocycles. The van der Waals surface area contributed by atoms with Crippen LogP contribution in [-0.2, 0) is 30.3 Å². The number of esters is 1. The number of amides is 3. The molecule has 0 radical (unpaired) electrons. The van der Waals surface area contributed by atoms with E-state index < -0.39 is 30.1 Å². The quantitative estimate of drug-likeness (QED) is 0.217. The summed E-state index contributed by atoms with van der Waals surface area (Å²) in [5.41, 5.74) is 5.44. The molecule has 262 valence electrons. The lowest BCUT2D eigenvalue weighted by atomic mass is 9.97. The number of ether oxygens (including phenoxy) is 2. The molecule has 3 aliphatic rings. The van der Waals surface area contributed by atoms with Crippen LogP contribution in [0.3, 0.4) is 0 Å². The molecule has 3 aromatic carbocycles. The van der Waals surface area contributed by atoms with Crippen molar-refractivity contribution in [1.29, 1.82) is 0 Å². The highest BCUT2D eigenvalue weighted by molar-refractivity contribution is 5.87. The van der Waals surface area contributed by atoms with Gasteiger partial charge in [0.1, 0.15) is 19.3 Å². The standard InChI is InChI=1S/C40H45N3O7/c44-24-29(22-27-12-3-1-4-13-27)41-37(45)23-28-14-5-2-6-20-36(39(47)49-25-30-15-11-21-43(30)38(28)46)42-40(48)50-26-35-33-18-9-7-16-31(33)32-17-8-10-19-34(32)35/h1-5,7-10,12-13,16-19,28-30,35-36,44H,6,11,14-15,20-26H2,(H,41,45)(H,42,48)/t28-,29+,30+,36-/m1/s1. The number of nitrogens with zero attached hydrogens (tertiary/aromatic N) is 1. The van der Waals surface area contributed by atoms with Gasteiger partial charge in [-0.05, 0) is 66.3 Å². The van der Waals surface area contributed by atoms with Crippen molar-refractivity contribution in [2.75, 3.05) is 26.4 Å². The van der Waals surface area contributed by atoms with Gasteiger partial charge in [0.25, 0.3) is 0 Å². The van der Waals surface area contributed by atoms with Gasteiger partial charge in [-0.3, -0.25) is 9.59 Å². The molecule has 1 aliphatic carbocycles. The number of benzene rings is 3. The number of carbonyl (C=O) groups is 4.